The van der Waals surface area contributed by atoms with Gasteiger partial charge in [-0.2, -0.15) is 0 Å². The van der Waals surface area contributed by atoms with Crippen LogP contribution in [0.25, 0.3) is 0 Å². The van der Waals surface area contributed by atoms with E-state index in [0.717, 1.165) is 12.8 Å². The van der Waals surface area contributed by atoms with Crippen molar-refractivity contribution >= 4 is 11.8 Å². The molecule has 4 heteroatoms. The van der Waals surface area contributed by atoms with Crippen molar-refractivity contribution in [2.75, 3.05) is 13.2 Å². The van der Waals surface area contributed by atoms with E-state index in [-0.39, 0.29) is 30.3 Å². The van der Waals surface area contributed by atoms with E-state index in [2.05, 4.69) is 6.92 Å². The predicted molar refractivity (Wildman–Crippen MR) is 60.6 cm³/mol. The molecule has 2 unspecified atom stereocenters. The van der Waals surface area contributed by atoms with Gasteiger partial charge in [0.05, 0.1) is 0 Å². The molecule has 16 heavy (non-hydrogen) atoms. The van der Waals surface area contributed by atoms with Gasteiger partial charge in [0, 0.05) is 25.5 Å². The third-order valence-corrected chi connectivity index (χ3v) is 3.14. The molecule has 0 radical (unpaired) electrons. The Labute approximate surface area is 96.6 Å². The zero-order chi connectivity index (χ0) is 12.1. The number of aliphatic hydroxyl groups excluding tert-OH is 1. The van der Waals surface area contributed by atoms with Crippen molar-refractivity contribution < 1.29 is 14.7 Å². The number of imide groups is 1. The molecule has 0 saturated carbocycles. The second kappa shape index (κ2) is 5.99. The maximum absolute atomic E-state index is 11.7. The first-order valence-electron chi connectivity index (χ1n) is 6.05. The standard InChI is InChI=1S/C12H21NO3/c1-3-4-10(5-6-14)8-13-11(15)7-9(2)12(13)16/h9-10,14H,3-8H2,1-2H3. The predicted octanol–water partition coefficient (Wildman–Crippen LogP) is 1.18. The van der Waals surface area contributed by atoms with Crippen molar-refractivity contribution in [1.29, 1.82) is 0 Å². The molecule has 0 aromatic carbocycles. The molecule has 0 aromatic rings. The van der Waals surface area contributed by atoms with Gasteiger partial charge in [0.25, 0.3) is 0 Å². The Bertz CT molecular complexity index is 259. The highest BCUT2D eigenvalue weighted by Gasteiger charge is 2.36. The number of hydrogen-bond acceptors (Lipinski definition) is 3. The van der Waals surface area contributed by atoms with Crippen molar-refractivity contribution in [3.63, 3.8) is 0 Å². The quantitative estimate of drug-likeness (QED) is 0.693. The van der Waals surface area contributed by atoms with E-state index in [4.69, 9.17) is 5.11 Å². The summed E-state index contributed by atoms with van der Waals surface area (Å²) in [5.41, 5.74) is 0. The van der Waals surface area contributed by atoms with E-state index >= 15 is 0 Å². The van der Waals surface area contributed by atoms with Gasteiger partial charge in [0.15, 0.2) is 0 Å². The summed E-state index contributed by atoms with van der Waals surface area (Å²) in [5, 5.41) is 8.93. The van der Waals surface area contributed by atoms with Crippen LogP contribution >= 0.6 is 0 Å². The monoisotopic (exact) mass is 227 g/mol. The van der Waals surface area contributed by atoms with E-state index < -0.39 is 0 Å². The van der Waals surface area contributed by atoms with E-state index in [1.54, 1.807) is 6.92 Å². The van der Waals surface area contributed by atoms with E-state index in [9.17, 15) is 9.59 Å². The van der Waals surface area contributed by atoms with E-state index in [0.29, 0.717) is 19.4 Å². The van der Waals surface area contributed by atoms with Gasteiger partial charge < -0.3 is 5.11 Å². The zero-order valence-corrected chi connectivity index (χ0v) is 10.1. The van der Waals surface area contributed by atoms with Gasteiger partial charge >= 0.3 is 0 Å². The lowest BCUT2D eigenvalue weighted by Crippen LogP contribution is -2.35. The molecule has 1 saturated heterocycles. The van der Waals surface area contributed by atoms with Crippen LogP contribution in [0.3, 0.4) is 0 Å². The van der Waals surface area contributed by atoms with Crippen molar-refractivity contribution in [3.05, 3.63) is 0 Å². The number of nitrogens with zero attached hydrogens (tertiary/aromatic N) is 1. The number of likely N-dealkylation sites (tertiary alicyclic amines) is 1. The molecule has 1 aliphatic rings. The Balaban J connectivity index is 2.56. The minimum Gasteiger partial charge on any atom is -0.396 e. The van der Waals surface area contributed by atoms with Crippen LogP contribution in [0.1, 0.15) is 39.5 Å². The zero-order valence-electron chi connectivity index (χ0n) is 10.1. The smallest absolute Gasteiger partial charge is 0.232 e. The van der Waals surface area contributed by atoms with Gasteiger partial charge in [-0.05, 0) is 18.8 Å². The highest BCUT2D eigenvalue weighted by Crippen LogP contribution is 2.22. The highest BCUT2D eigenvalue weighted by molar-refractivity contribution is 6.03. The Morgan fingerprint density at radius 1 is 1.44 bits per heavy atom. The molecule has 4 nitrogen and oxygen atoms in total. The summed E-state index contributed by atoms with van der Waals surface area (Å²) in [4.78, 5) is 24.7. The van der Waals surface area contributed by atoms with Gasteiger partial charge in [0.1, 0.15) is 0 Å². The molecule has 2 amide bonds. The fraction of sp³-hybridized carbons (Fsp3) is 0.833. The maximum Gasteiger partial charge on any atom is 0.232 e. The molecule has 1 heterocycles. The average Bonchev–Trinajstić information content (AvgIpc) is 2.46. The summed E-state index contributed by atoms with van der Waals surface area (Å²) in [5.74, 6) is -0.0299. The van der Waals surface area contributed by atoms with Crippen molar-refractivity contribution in [3.8, 4) is 0 Å². The number of carbonyl (C=O) groups is 2. The molecule has 0 bridgehead atoms. The van der Waals surface area contributed by atoms with Gasteiger partial charge in [-0.3, -0.25) is 14.5 Å². The van der Waals surface area contributed by atoms with Crippen LogP contribution in [0, 0.1) is 11.8 Å². The molecular formula is C12H21NO3. The van der Waals surface area contributed by atoms with Crippen molar-refractivity contribution in [2.24, 2.45) is 11.8 Å². The lowest BCUT2D eigenvalue weighted by Gasteiger charge is -2.21. The number of rotatable bonds is 6. The summed E-state index contributed by atoms with van der Waals surface area (Å²) in [6, 6.07) is 0. The number of aliphatic hydroxyl groups is 1. The molecule has 92 valence electrons. The Hall–Kier alpha value is -0.900. The number of carbonyl (C=O) groups excluding carboxylic acids is 2. The van der Waals surface area contributed by atoms with Gasteiger partial charge in [-0.15, -0.1) is 0 Å². The second-order valence-electron chi connectivity index (χ2n) is 4.61. The Morgan fingerprint density at radius 2 is 2.12 bits per heavy atom. The molecule has 1 N–H and O–H groups in total. The molecular weight excluding hydrogens is 206 g/mol. The molecule has 1 fully saturated rings. The van der Waals surface area contributed by atoms with Crippen molar-refractivity contribution in [1.82, 2.24) is 4.90 Å². The molecule has 1 rings (SSSR count). The molecule has 2 atom stereocenters. The fourth-order valence-electron chi connectivity index (χ4n) is 2.22. The van der Waals surface area contributed by atoms with Crippen LogP contribution in [-0.2, 0) is 9.59 Å². The first kappa shape index (κ1) is 13.2. The van der Waals surface area contributed by atoms with Crippen LogP contribution in [-0.4, -0.2) is 35.0 Å². The average molecular weight is 227 g/mol. The first-order chi connectivity index (χ1) is 7.60. The van der Waals surface area contributed by atoms with Gasteiger partial charge in [-0.25, -0.2) is 0 Å². The van der Waals surface area contributed by atoms with E-state index in [1.807, 2.05) is 0 Å². The summed E-state index contributed by atoms with van der Waals surface area (Å²) in [7, 11) is 0. The molecule has 0 aromatic heterocycles. The van der Waals surface area contributed by atoms with Gasteiger partial charge in [0.2, 0.25) is 11.8 Å². The lowest BCUT2D eigenvalue weighted by atomic mass is 9.99. The van der Waals surface area contributed by atoms with Crippen molar-refractivity contribution in [2.45, 2.75) is 39.5 Å². The third-order valence-electron chi connectivity index (χ3n) is 3.14. The van der Waals surface area contributed by atoms with Crippen LogP contribution in [0.5, 0.6) is 0 Å². The van der Waals surface area contributed by atoms with Crippen LogP contribution in [0.15, 0.2) is 0 Å². The Kier molecular flexibility index (Phi) is 4.93. The SMILES string of the molecule is CCCC(CCO)CN1C(=O)CC(C)C1=O. The second-order valence-corrected chi connectivity index (χ2v) is 4.61. The first-order valence-corrected chi connectivity index (χ1v) is 6.05. The van der Waals surface area contributed by atoms with Crippen LogP contribution in [0.4, 0.5) is 0 Å². The summed E-state index contributed by atoms with van der Waals surface area (Å²) in [6.07, 6.45) is 2.97. The highest BCUT2D eigenvalue weighted by atomic mass is 16.3. The fourth-order valence-corrected chi connectivity index (χ4v) is 2.22. The number of amides is 2. The van der Waals surface area contributed by atoms with Crippen LogP contribution in [0.2, 0.25) is 0 Å². The lowest BCUT2D eigenvalue weighted by molar-refractivity contribution is -0.140. The Morgan fingerprint density at radius 3 is 2.56 bits per heavy atom. The molecule has 0 spiro atoms. The minimum atomic E-state index is -0.163. The summed E-state index contributed by atoms with van der Waals surface area (Å²) >= 11 is 0. The topological polar surface area (TPSA) is 57.6 Å². The molecule has 0 aliphatic carbocycles. The normalized spacial score (nSPS) is 22.9. The maximum atomic E-state index is 11.7. The summed E-state index contributed by atoms with van der Waals surface area (Å²) < 4.78 is 0. The minimum absolute atomic E-state index is 0.0518. The largest absolute Gasteiger partial charge is 0.396 e. The number of hydrogen-bond donors (Lipinski definition) is 1. The van der Waals surface area contributed by atoms with Gasteiger partial charge in [-0.1, -0.05) is 20.3 Å². The summed E-state index contributed by atoms with van der Waals surface area (Å²) in [6.45, 7) is 4.47. The third kappa shape index (κ3) is 3.04. The van der Waals surface area contributed by atoms with E-state index in [1.165, 1.54) is 4.90 Å². The van der Waals surface area contributed by atoms with Crippen LogP contribution < -0.4 is 0 Å². The molecule has 1 aliphatic heterocycles.